The molecule has 0 spiro atoms. The van der Waals surface area contributed by atoms with E-state index in [1.807, 2.05) is 19.2 Å². The fourth-order valence-electron chi connectivity index (χ4n) is 1.93. The van der Waals surface area contributed by atoms with Gasteiger partial charge in [0.25, 0.3) is 17.5 Å². The lowest BCUT2D eigenvalue weighted by atomic mass is 10.1. The van der Waals surface area contributed by atoms with Crippen LogP contribution in [0.3, 0.4) is 0 Å². The summed E-state index contributed by atoms with van der Waals surface area (Å²) in [6.07, 6.45) is 0.743. The molecule has 4 amide bonds. The second-order valence-electron chi connectivity index (χ2n) is 6.25. The molecule has 1 aromatic rings. The van der Waals surface area contributed by atoms with Gasteiger partial charge in [0.2, 0.25) is 0 Å². The maximum atomic E-state index is 12.0. The molecule has 0 aliphatic heterocycles. The molecule has 12 heteroatoms. The highest BCUT2D eigenvalue weighted by atomic mass is 35.5. The number of amides is 4. The van der Waals surface area contributed by atoms with E-state index in [1.54, 1.807) is 0 Å². The normalized spacial score (nSPS) is 10.2. The fraction of sp³-hybridized carbons (Fsp3) is 0.412. The van der Waals surface area contributed by atoms with Crippen molar-refractivity contribution in [1.82, 2.24) is 16.0 Å². The number of nitro benzene ring substituents is 1. The van der Waals surface area contributed by atoms with E-state index < -0.39 is 47.6 Å². The highest BCUT2D eigenvalue weighted by molar-refractivity contribution is 6.32. The number of imide groups is 1. The van der Waals surface area contributed by atoms with Crippen molar-refractivity contribution in [3.05, 3.63) is 38.9 Å². The van der Waals surface area contributed by atoms with Crippen LogP contribution in [0.5, 0.6) is 0 Å². The van der Waals surface area contributed by atoms with Crippen LogP contribution < -0.4 is 16.0 Å². The third kappa shape index (κ3) is 9.02. The van der Waals surface area contributed by atoms with Crippen LogP contribution in [0.25, 0.3) is 0 Å². The Balaban J connectivity index is 2.37. The van der Waals surface area contributed by atoms with Crippen LogP contribution in [0.1, 0.15) is 30.6 Å². The van der Waals surface area contributed by atoms with Crippen LogP contribution in [0.4, 0.5) is 10.5 Å². The summed E-state index contributed by atoms with van der Waals surface area (Å²) in [5.74, 6) is -2.14. The molecule has 158 valence electrons. The van der Waals surface area contributed by atoms with Crippen molar-refractivity contribution in [1.29, 1.82) is 0 Å². The lowest BCUT2D eigenvalue weighted by Crippen LogP contribution is -2.42. The number of carbonyl (C=O) groups excluding carboxylic acids is 4. The molecule has 0 unspecified atom stereocenters. The van der Waals surface area contributed by atoms with Crippen molar-refractivity contribution < 1.29 is 28.8 Å². The molecule has 0 aromatic heterocycles. The predicted octanol–water partition coefficient (Wildman–Crippen LogP) is 1.39. The van der Waals surface area contributed by atoms with Gasteiger partial charge in [-0.3, -0.25) is 29.8 Å². The summed E-state index contributed by atoms with van der Waals surface area (Å²) in [6.45, 7) is 3.07. The van der Waals surface area contributed by atoms with E-state index in [0.29, 0.717) is 12.5 Å². The molecule has 1 rings (SSSR count). The Kier molecular flexibility index (Phi) is 9.52. The molecule has 0 heterocycles. The number of urea groups is 1. The summed E-state index contributed by atoms with van der Waals surface area (Å²) < 4.78 is 4.64. The average Bonchev–Trinajstić information content (AvgIpc) is 2.64. The highest BCUT2D eigenvalue weighted by Gasteiger charge is 2.17. The number of hydrogen-bond acceptors (Lipinski definition) is 7. The zero-order valence-corrected chi connectivity index (χ0v) is 16.6. The maximum absolute atomic E-state index is 12.0. The van der Waals surface area contributed by atoms with E-state index in [-0.39, 0.29) is 10.6 Å². The van der Waals surface area contributed by atoms with Crippen molar-refractivity contribution in [2.75, 3.05) is 19.7 Å². The minimum atomic E-state index is -0.933. The van der Waals surface area contributed by atoms with E-state index in [4.69, 9.17) is 11.6 Å². The average molecular weight is 429 g/mol. The van der Waals surface area contributed by atoms with Crippen molar-refractivity contribution in [2.45, 2.75) is 20.3 Å². The number of ether oxygens (including phenoxy) is 1. The van der Waals surface area contributed by atoms with Gasteiger partial charge in [-0.25, -0.2) is 4.79 Å². The number of halogens is 1. The molecule has 0 aliphatic rings. The minimum Gasteiger partial charge on any atom is -0.454 e. The topological polar surface area (TPSA) is 157 Å². The first-order chi connectivity index (χ1) is 13.6. The standard InChI is InChI=1S/C17H21ClN4O7/c1-10(2)5-6-19-17(26)21-14(23)9-29-15(24)8-20-16(25)11-3-4-12(18)13(7-11)22(27)28/h3-4,7,10H,5-6,8-9H2,1-2H3,(H,20,25)(H2,19,21,23,26). The van der Waals surface area contributed by atoms with Gasteiger partial charge in [0.1, 0.15) is 11.6 Å². The van der Waals surface area contributed by atoms with Gasteiger partial charge in [-0.15, -0.1) is 0 Å². The first kappa shape index (κ1) is 23.8. The molecule has 0 saturated carbocycles. The minimum absolute atomic E-state index is 0.0790. The van der Waals surface area contributed by atoms with Gasteiger partial charge in [0.15, 0.2) is 6.61 Å². The number of carbonyl (C=O) groups is 4. The Hall–Kier alpha value is -3.21. The number of nitro groups is 1. The summed E-state index contributed by atoms with van der Waals surface area (Å²) >= 11 is 5.66. The number of rotatable bonds is 9. The number of hydrogen-bond donors (Lipinski definition) is 3. The molecule has 0 saturated heterocycles. The molecule has 0 fully saturated rings. The second kappa shape index (κ2) is 11.6. The lowest BCUT2D eigenvalue weighted by molar-refractivity contribution is -0.384. The quantitative estimate of drug-likeness (QED) is 0.304. The lowest BCUT2D eigenvalue weighted by Gasteiger charge is -2.09. The highest BCUT2D eigenvalue weighted by Crippen LogP contribution is 2.24. The summed E-state index contributed by atoms with van der Waals surface area (Å²) in [4.78, 5) is 56.6. The molecule has 0 bridgehead atoms. The SMILES string of the molecule is CC(C)CCNC(=O)NC(=O)COC(=O)CNC(=O)c1ccc(Cl)c([N+](=O)[O-])c1. The largest absolute Gasteiger partial charge is 0.454 e. The monoisotopic (exact) mass is 428 g/mol. The molecular weight excluding hydrogens is 408 g/mol. The van der Waals surface area contributed by atoms with Crippen molar-refractivity contribution in [3.63, 3.8) is 0 Å². The third-order valence-corrected chi connectivity index (χ3v) is 3.74. The first-order valence-corrected chi connectivity index (χ1v) is 8.93. The fourth-order valence-corrected chi connectivity index (χ4v) is 2.11. The molecular formula is C17H21ClN4O7. The molecule has 1 aromatic carbocycles. The van der Waals surface area contributed by atoms with E-state index in [2.05, 4.69) is 15.4 Å². The molecule has 0 atom stereocenters. The summed E-state index contributed by atoms with van der Waals surface area (Å²) in [7, 11) is 0. The van der Waals surface area contributed by atoms with E-state index in [9.17, 15) is 29.3 Å². The van der Waals surface area contributed by atoms with Crippen molar-refractivity contribution in [2.24, 2.45) is 5.92 Å². The van der Waals surface area contributed by atoms with Crippen LogP contribution in [-0.2, 0) is 14.3 Å². The van der Waals surface area contributed by atoms with Crippen molar-refractivity contribution in [3.8, 4) is 0 Å². The zero-order valence-electron chi connectivity index (χ0n) is 15.8. The van der Waals surface area contributed by atoms with Crippen molar-refractivity contribution >= 4 is 41.1 Å². The number of esters is 1. The number of benzene rings is 1. The van der Waals surface area contributed by atoms with Crippen LogP contribution in [0.15, 0.2) is 18.2 Å². The van der Waals surface area contributed by atoms with Crippen LogP contribution in [0, 0.1) is 16.0 Å². The van der Waals surface area contributed by atoms with Gasteiger partial charge in [-0.05, 0) is 24.5 Å². The van der Waals surface area contributed by atoms with E-state index in [0.717, 1.165) is 12.5 Å². The van der Waals surface area contributed by atoms with Gasteiger partial charge in [-0.2, -0.15) is 0 Å². The van der Waals surface area contributed by atoms with Gasteiger partial charge in [0, 0.05) is 18.2 Å². The predicted molar refractivity (Wildman–Crippen MR) is 102 cm³/mol. The van der Waals surface area contributed by atoms with Gasteiger partial charge >= 0.3 is 12.0 Å². The Morgan fingerprint density at radius 1 is 1.21 bits per heavy atom. The molecule has 3 N–H and O–H groups in total. The Bertz CT molecular complexity index is 798. The van der Waals surface area contributed by atoms with Crippen LogP contribution in [0.2, 0.25) is 5.02 Å². The van der Waals surface area contributed by atoms with E-state index >= 15 is 0 Å². The Morgan fingerprint density at radius 2 is 1.90 bits per heavy atom. The number of nitrogens with one attached hydrogen (secondary N) is 3. The molecule has 0 aliphatic carbocycles. The number of nitrogens with zero attached hydrogens (tertiary/aromatic N) is 1. The summed E-state index contributed by atoms with van der Waals surface area (Å²) in [5.41, 5.74) is -0.532. The molecule has 0 radical (unpaired) electrons. The molecule has 29 heavy (non-hydrogen) atoms. The third-order valence-electron chi connectivity index (χ3n) is 3.42. The van der Waals surface area contributed by atoms with Crippen LogP contribution >= 0.6 is 11.6 Å². The smallest absolute Gasteiger partial charge is 0.325 e. The van der Waals surface area contributed by atoms with Gasteiger partial charge in [0.05, 0.1) is 4.92 Å². The van der Waals surface area contributed by atoms with E-state index in [1.165, 1.54) is 12.1 Å². The first-order valence-electron chi connectivity index (χ1n) is 8.55. The Labute approximate surface area is 171 Å². The van der Waals surface area contributed by atoms with Gasteiger partial charge in [-0.1, -0.05) is 25.4 Å². The second-order valence-corrected chi connectivity index (χ2v) is 6.66. The maximum Gasteiger partial charge on any atom is 0.325 e. The molecule has 11 nitrogen and oxygen atoms in total. The summed E-state index contributed by atoms with van der Waals surface area (Å²) in [5, 5.41) is 17.4. The van der Waals surface area contributed by atoms with Crippen LogP contribution in [-0.4, -0.2) is 48.4 Å². The zero-order chi connectivity index (χ0) is 22.0. The summed E-state index contributed by atoms with van der Waals surface area (Å²) in [6, 6.07) is 2.70. The Morgan fingerprint density at radius 3 is 2.52 bits per heavy atom. The van der Waals surface area contributed by atoms with Gasteiger partial charge < -0.3 is 15.4 Å².